The lowest BCUT2D eigenvalue weighted by atomic mass is 9.93. The molecular formula is C22H26N6OS. The zero-order valence-corrected chi connectivity index (χ0v) is 17.7. The first kappa shape index (κ1) is 19.6. The van der Waals surface area contributed by atoms with E-state index in [1.54, 1.807) is 6.20 Å². The minimum atomic E-state index is -0.0804. The van der Waals surface area contributed by atoms with Gasteiger partial charge < -0.3 is 20.4 Å². The normalized spacial score (nSPS) is 26.8. The van der Waals surface area contributed by atoms with Crippen molar-refractivity contribution >= 4 is 34.3 Å². The summed E-state index contributed by atoms with van der Waals surface area (Å²) < 4.78 is 0. The lowest BCUT2D eigenvalue weighted by Crippen LogP contribution is -2.55. The number of nitriles is 1. The summed E-state index contributed by atoms with van der Waals surface area (Å²) >= 11 is 1.83. The summed E-state index contributed by atoms with van der Waals surface area (Å²) in [5, 5.41) is 18.5. The molecule has 0 bridgehead atoms. The molecule has 3 aliphatic rings. The Morgan fingerprint density at radius 2 is 2.10 bits per heavy atom. The molecule has 4 heterocycles. The van der Waals surface area contributed by atoms with Crippen LogP contribution < -0.4 is 15.5 Å². The standard InChI is InChI=1S/C22H26N6OS/c23-10-16-12-26-21(18-4-2-1-3-17(16)18)28-6-5-24-13-20(28)15-9-19(25-11-15)22(29)27-7-8-30-14-27/h1-4,12,15,19-20,24-25H,5-9,11,13-14H2. The Bertz CT molecular complexity index is 985. The van der Waals surface area contributed by atoms with Crippen LogP contribution in [0.4, 0.5) is 5.82 Å². The Hall–Kier alpha value is -2.34. The van der Waals surface area contributed by atoms with Gasteiger partial charge in [-0.3, -0.25) is 4.79 Å². The van der Waals surface area contributed by atoms with E-state index in [1.165, 1.54) is 0 Å². The predicted molar refractivity (Wildman–Crippen MR) is 119 cm³/mol. The van der Waals surface area contributed by atoms with Crippen molar-refractivity contribution < 1.29 is 4.79 Å². The molecule has 3 fully saturated rings. The highest BCUT2D eigenvalue weighted by Gasteiger charge is 2.40. The molecular weight excluding hydrogens is 396 g/mol. The topological polar surface area (TPSA) is 84.3 Å². The molecule has 3 atom stereocenters. The van der Waals surface area contributed by atoms with Gasteiger partial charge in [-0.2, -0.15) is 5.26 Å². The molecule has 1 amide bonds. The fourth-order valence-corrected chi connectivity index (χ4v) is 5.91. The van der Waals surface area contributed by atoms with Crippen molar-refractivity contribution in [2.75, 3.05) is 49.3 Å². The van der Waals surface area contributed by atoms with Crippen molar-refractivity contribution in [2.45, 2.75) is 18.5 Å². The molecule has 1 aromatic heterocycles. The van der Waals surface area contributed by atoms with E-state index in [0.29, 0.717) is 11.5 Å². The Kier molecular flexibility index (Phi) is 5.50. The SMILES string of the molecule is N#Cc1cnc(N2CCNCC2C2CNC(C(=O)N3CCSC3)C2)c2ccccc12. The van der Waals surface area contributed by atoms with Crippen LogP contribution in [-0.4, -0.2) is 72.2 Å². The number of piperazine rings is 1. The zero-order valence-electron chi connectivity index (χ0n) is 16.9. The van der Waals surface area contributed by atoms with E-state index >= 15 is 0 Å². The molecule has 0 aliphatic carbocycles. The zero-order chi connectivity index (χ0) is 20.5. The van der Waals surface area contributed by atoms with Crippen LogP contribution in [0.3, 0.4) is 0 Å². The van der Waals surface area contributed by atoms with E-state index in [1.807, 2.05) is 34.9 Å². The van der Waals surface area contributed by atoms with Crippen molar-refractivity contribution in [1.82, 2.24) is 20.5 Å². The molecule has 1 aromatic carbocycles. The van der Waals surface area contributed by atoms with Crippen LogP contribution in [0, 0.1) is 17.2 Å². The summed E-state index contributed by atoms with van der Waals surface area (Å²) in [6.45, 7) is 4.35. The highest BCUT2D eigenvalue weighted by molar-refractivity contribution is 7.99. The van der Waals surface area contributed by atoms with Crippen molar-refractivity contribution in [3.8, 4) is 6.07 Å². The number of benzene rings is 1. The Labute approximate surface area is 180 Å². The van der Waals surface area contributed by atoms with Gasteiger partial charge in [-0.15, -0.1) is 11.8 Å². The number of fused-ring (bicyclic) bond motifs is 1. The van der Waals surface area contributed by atoms with Crippen LogP contribution in [0.2, 0.25) is 0 Å². The first-order chi connectivity index (χ1) is 14.8. The number of nitrogens with zero attached hydrogens (tertiary/aromatic N) is 4. The number of anilines is 1. The number of aromatic nitrogens is 1. The minimum absolute atomic E-state index is 0.0804. The number of carbonyl (C=O) groups excluding carboxylic acids is 1. The number of hydrogen-bond donors (Lipinski definition) is 2. The van der Waals surface area contributed by atoms with Gasteiger partial charge in [0.25, 0.3) is 0 Å². The van der Waals surface area contributed by atoms with Gasteiger partial charge >= 0.3 is 0 Å². The van der Waals surface area contributed by atoms with Gasteiger partial charge in [0.2, 0.25) is 5.91 Å². The molecule has 7 nitrogen and oxygen atoms in total. The van der Waals surface area contributed by atoms with Gasteiger partial charge in [-0.1, -0.05) is 24.3 Å². The fourth-order valence-electron chi connectivity index (χ4n) is 4.96. The molecule has 8 heteroatoms. The first-order valence-electron chi connectivity index (χ1n) is 10.6. The summed E-state index contributed by atoms with van der Waals surface area (Å²) in [5.41, 5.74) is 0.609. The van der Waals surface area contributed by atoms with Crippen LogP contribution in [0.15, 0.2) is 30.5 Å². The van der Waals surface area contributed by atoms with E-state index in [4.69, 9.17) is 4.98 Å². The monoisotopic (exact) mass is 422 g/mol. The average molecular weight is 423 g/mol. The van der Waals surface area contributed by atoms with E-state index in [2.05, 4.69) is 27.7 Å². The van der Waals surface area contributed by atoms with Crippen LogP contribution >= 0.6 is 11.8 Å². The van der Waals surface area contributed by atoms with Crippen molar-refractivity contribution in [3.63, 3.8) is 0 Å². The number of carbonyl (C=O) groups is 1. The van der Waals surface area contributed by atoms with E-state index in [-0.39, 0.29) is 18.0 Å². The fraction of sp³-hybridized carbons (Fsp3) is 0.500. The second-order valence-corrected chi connectivity index (χ2v) is 9.29. The average Bonchev–Trinajstić information content (AvgIpc) is 3.50. The Balaban J connectivity index is 1.40. The number of nitrogens with one attached hydrogen (secondary N) is 2. The predicted octanol–water partition coefficient (Wildman–Crippen LogP) is 1.40. The van der Waals surface area contributed by atoms with Crippen molar-refractivity contribution in [1.29, 1.82) is 5.26 Å². The van der Waals surface area contributed by atoms with Crippen LogP contribution in [0.25, 0.3) is 10.8 Å². The van der Waals surface area contributed by atoms with Gasteiger partial charge in [-0.25, -0.2) is 4.98 Å². The van der Waals surface area contributed by atoms with Crippen molar-refractivity contribution in [2.24, 2.45) is 5.92 Å². The molecule has 156 valence electrons. The van der Waals surface area contributed by atoms with Gasteiger partial charge in [-0.05, 0) is 12.3 Å². The maximum absolute atomic E-state index is 12.9. The van der Waals surface area contributed by atoms with Crippen molar-refractivity contribution in [3.05, 3.63) is 36.0 Å². The molecule has 0 spiro atoms. The van der Waals surface area contributed by atoms with E-state index in [0.717, 1.165) is 67.4 Å². The lowest BCUT2D eigenvalue weighted by Gasteiger charge is -2.40. The number of amides is 1. The highest BCUT2D eigenvalue weighted by atomic mass is 32.2. The molecule has 0 saturated carbocycles. The number of thioether (sulfide) groups is 1. The molecule has 30 heavy (non-hydrogen) atoms. The first-order valence-corrected chi connectivity index (χ1v) is 11.8. The summed E-state index contributed by atoms with van der Waals surface area (Å²) in [5.74, 6) is 3.43. The molecule has 3 unspecified atom stereocenters. The highest BCUT2D eigenvalue weighted by Crippen LogP contribution is 2.32. The van der Waals surface area contributed by atoms with Gasteiger partial charge in [0.1, 0.15) is 11.9 Å². The molecule has 2 aromatic rings. The Morgan fingerprint density at radius 1 is 1.23 bits per heavy atom. The largest absolute Gasteiger partial charge is 0.350 e. The number of rotatable bonds is 3. The summed E-state index contributed by atoms with van der Waals surface area (Å²) in [6, 6.07) is 10.5. The van der Waals surface area contributed by atoms with Gasteiger partial charge in [0.05, 0.1) is 17.5 Å². The molecule has 3 saturated heterocycles. The van der Waals surface area contributed by atoms with Gasteiger partial charge in [0, 0.05) is 61.5 Å². The number of hydrogen-bond acceptors (Lipinski definition) is 7. The third-order valence-corrected chi connectivity index (χ3v) is 7.49. The summed E-state index contributed by atoms with van der Waals surface area (Å²) in [4.78, 5) is 21.9. The molecule has 2 N–H and O–H groups in total. The maximum atomic E-state index is 12.9. The molecule has 0 radical (unpaired) electrons. The van der Waals surface area contributed by atoms with Gasteiger partial charge in [0.15, 0.2) is 0 Å². The third-order valence-electron chi connectivity index (χ3n) is 6.52. The molecule has 5 rings (SSSR count). The van der Waals surface area contributed by atoms with Crippen LogP contribution in [0.5, 0.6) is 0 Å². The third kappa shape index (κ3) is 3.51. The lowest BCUT2D eigenvalue weighted by molar-refractivity contribution is -0.131. The number of pyridine rings is 1. The summed E-state index contributed by atoms with van der Waals surface area (Å²) in [6.07, 6.45) is 2.55. The quantitative estimate of drug-likeness (QED) is 0.773. The smallest absolute Gasteiger partial charge is 0.240 e. The summed E-state index contributed by atoms with van der Waals surface area (Å²) in [7, 11) is 0. The van der Waals surface area contributed by atoms with E-state index < -0.39 is 0 Å². The van der Waals surface area contributed by atoms with Crippen LogP contribution in [0.1, 0.15) is 12.0 Å². The second-order valence-electron chi connectivity index (χ2n) is 8.21. The Morgan fingerprint density at radius 3 is 2.90 bits per heavy atom. The minimum Gasteiger partial charge on any atom is -0.350 e. The van der Waals surface area contributed by atoms with E-state index in [9.17, 15) is 10.1 Å². The maximum Gasteiger partial charge on any atom is 0.240 e. The second kappa shape index (κ2) is 8.42. The van der Waals surface area contributed by atoms with Crippen LogP contribution in [-0.2, 0) is 4.79 Å². The molecule has 3 aliphatic heterocycles.